The minimum Gasteiger partial charge on any atom is -0.461 e. The molecule has 0 bridgehead atoms. The third kappa shape index (κ3) is 5.06. The van der Waals surface area contributed by atoms with Gasteiger partial charge < -0.3 is 15.4 Å². The third-order valence-corrected chi connectivity index (χ3v) is 6.42. The largest absolute Gasteiger partial charge is 0.461 e. The van der Waals surface area contributed by atoms with Crippen molar-refractivity contribution in [1.29, 1.82) is 0 Å². The summed E-state index contributed by atoms with van der Waals surface area (Å²) in [6.45, 7) is 7.92. The number of ether oxygens (including phenoxy) is 1. The lowest BCUT2D eigenvalue weighted by molar-refractivity contribution is -0.136. The van der Waals surface area contributed by atoms with Crippen molar-refractivity contribution in [3.05, 3.63) is 42.2 Å². The second-order valence-corrected chi connectivity index (χ2v) is 10.2. The van der Waals surface area contributed by atoms with Crippen molar-refractivity contribution < 1.29 is 23.9 Å². The van der Waals surface area contributed by atoms with Gasteiger partial charge in [-0.2, -0.15) is 5.10 Å². The van der Waals surface area contributed by atoms with Gasteiger partial charge in [-0.05, 0) is 67.9 Å². The van der Waals surface area contributed by atoms with E-state index >= 15 is 0 Å². The van der Waals surface area contributed by atoms with Crippen LogP contribution < -0.4 is 10.6 Å². The van der Waals surface area contributed by atoms with Crippen LogP contribution in [0.5, 0.6) is 0 Å². The number of urea groups is 1. The number of amides is 4. The number of esters is 1. The molecule has 2 aliphatic rings. The monoisotopic (exact) mass is 481 g/mol. The van der Waals surface area contributed by atoms with Crippen LogP contribution in [0.15, 0.2) is 36.5 Å². The summed E-state index contributed by atoms with van der Waals surface area (Å²) in [6, 6.07) is 7.85. The number of anilines is 1. The average Bonchev–Trinajstić information content (AvgIpc) is 3.33. The van der Waals surface area contributed by atoms with Crippen molar-refractivity contribution in [2.45, 2.75) is 52.5 Å². The Morgan fingerprint density at radius 2 is 1.89 bits per heavy atom. The van der Waals surface area contributed by atoms with Crippen molar-refractivity contribution in [2.75, 3.05) is 18.5 Å². The molecule has 1 aliphatic carbocycles. The van der Waals surface area contributed by atoms with E-state index in [1.807, 2.05) is 0 Å². The van der Waals surface area contributed by atoms with E-state index in [4.69, 9.17) is 4.74 Å². The zero-order valence-corrected chi connectivity index (χ0v) is 20.5. The number of hydrogen-bond acceptors (Lipinski definition) is 6. The van der Waals surface area contributed by atoms with E-state index in [0.717, 1.165) is 11.3 Å². The number of nitrogens with one attached hydrogen (secondary N) is 2. The Bertz CT molecular complexity index is 1160. The Balaban J connectivity index is 1.39. The number of carbonyl (C=O) groups is 4. The normalized spacial score (nSPS) is 23.3. The molecule has 1 aromatic heterocycles. The van der Waals surface area contributed by atoms with Crippen LogP contribution in [0, 0.1) is 11.3 Å². The van der Waals surface area contributed by atoms with Gasteiger partial charge in [-0.25, -0.2) is 14.3 Å². The maximum Gasteiger partial charge on any atom is 0.358 e. The molecule has 4 amide bonds. The minimum atomic E-state index is -0.938. The number of carbonyl (C=O) groups excluding carboxylic acids is 4. The molecule has 186 valence electrons. The molecule has 1 aliphatic heterocycles. The molecule has 2 N–H and O–H groups in total. The Kier molecular flexibility index (Phi) is 6.40. The quantitative estimate of drug-likeness (QED) is 0.483. The van der Waals surface area contributed by atoms with E-state index in [2.05, 4.69) is 36.5 Å². The van der Waals surface area contributed by atoms with Gasteiger partial charge in [0.15, 0.2) is 5.69 Å². The highest BCUT2D eigenvalue weighted by Gasteiger charge is 2.56. The average molecular weight is 482 g/mol. The van der Waals surface area contributed by atoms with Crippen molar-refractivity contribution in [3.8, 4) is 5.69 Å². The van der Waals surface area contributed by atoms with Gasteiger partial charge in [0.2, 0.25) is 5.91 Å². The van der Waals surface area contributed by atoms with E-state index in [9.17, 15) is 19.2 Å². The topological polar surface area (TPSA) is 123 Å². The Hall–Kier alpha value is -3.69. The number of imide groups is 1. The van der Waals surface area contributed by atoms with Crippen LogP contribution in [0.2, 0.25) is 0 Å². The zero-order chi connectivity index (χ0) is 25.4. The lowest BCUT2D eigenvalue weighted by Crippen LogP contribution is -2.54. The van der Waals surface area contributed by atoms with E-state index in [1.165, 1.54) is 4.68 Å². The number of nitrogens with zero attached hydrogens (tertiary/aromatic N) is 3. The maximum atomic E-state index is 13.2. The first kappa shape index (κ1) is 24.4. The van der Waals surface area contributed by atoms with E-state index in [1.54, 1.807) is 43.5 Å². The van der Waals surface area contributed by atoms with Crippen molar-refractivity contribution in [2.24, 2.45) is 11.3 Å². The predicted octanol–water partition coefficient (Wildman–Crippen LogP) is 3.12. The van der Waals surface area contributed by atoms with Gasteiger partial charge in [-0.15, -0.1) is 0 Å². The second-order valence-electron chi connectivity index (χ2n) is 10.2. The summed E-state index contributed by atoms with van der Waals surface area (Å²) < 4.78 is 6.47. The van der Waals surface area contributed by atoms with Crippen LogP contribution in [0.3, 0.4) is 0 Å². The molecule has 2 unspecified atom stereocenters. The van der Waals surface area contributed by atoms with E-state index in [0.29, 0.717) is 30.1 Å². The van der Waals surface area contributed by atoms with Gasteiger partial charge in [-0.1, -0.05) is 20.8 Å². The first-order chi connectivity index (χ1) is 16.5. The van der Waals surface area contributed by atoms with Crippen LogP contribution in [0.4, 0.5) is 10.5 Å². The molecular formula is C25H31N5O5. The molecule has 1 spiro atoms. The van der Waals surface area contributed by atoms with Crippen molar-refractivity contribution >= 4 is 29.5 Å². The first-order valence-electron chi connectivity index (χ1n) is 11.8. The van der Waals surface area contributed by atoms with Crippen molar-refractivity contribution in [3.63, 3.8) is 0 Å². The van der Waals surface area contributed by atoms with Crippen molar-refractivity contribution in [1.82, 2.24) is 20.0 Å². The standard InChI is InChI=1S/C25H31N5O5/c1-5-35-21(32)19-10-11-30(28-19)18-8-6-17(7-9-18)26-20(31)14-29-22(33)25(27-23(29)34)13-16(2)12-24(3,4)15-25/h6-11,16H,5,12-15H2,1-4H3,(H,26,31)(H,27,34). The summed E-state index contributed by atoms with van der Waals surface area (Å²) in [5.74, 6) is -1.00. The smallest absolute Gasteiger partial charge is 0.358 e. The fraction of sp³-hybridized carbons (Fsp3) is 0.480. The molecule has 35 heavy (non-hydrogen) atoms. The van der Waals surface area contributed by atoms with Crippen LogP contribution >= 0.6 is 0 Å². The molecule has 2 atom stereocenters. The number of hydrogen-bond donors (Lipinski definition) is 2. The SMILES string of the molecule is CCOC(=O)c1ccn(-c2ccc(NC(=O)CN3C(=O)NC4(CC(C)CC(C)(C)C4)C3=O)cc2)n1. The Morgan fingerprint density at radius 1 is 1.17 bits per heavy atom. The van der Waals surface area contributed by atoms with Gasteiger partial charge >= 0.3 is 12.0 Å². The molecule has 2 fully saturated rings. The lowest BCUT2D eigenvalue weighted by Gasteiger charge is -2.43. The fourth-order valence-corrected chi connectivity index (χ4v) is 5.47. The Morgan fingerprint density at radius 3 is 2.54 bits per heavy atom. The maximum absolute atomic E-state index is 13.2. The van der Waals surface area contributed by atoms with E-state index in [-0.39, 0.29) is 30.2 Å². The molecule has 10 nitrogen and oxygen atoms in total. The zero-order valence-electron chi connectivity index (χ0n) is 20.5. The molecule has 1 aromatic carbocycles. The summed E-state index contributed by atoms with van der Waals surface area (Å²) in [5, 5.41) is 9.81. The summed E-state index contributed by atoms with van der Waals surface area (Å²) in [7, 11) is 0. The highest BCUT2D eigenvalue weighted by molar-refractivity contribution is 6.10. The third-order valence-electron chi connectivity index (χ3n) is 6.42. The fourth-order valence-electron chi connectivity index (χ4n) is 5.47. The van der Waals surface area contributed by atoms with Gasteiger partial charge in [0.1, 0.15) is 12.1 Å². The number of rotatable bonds is 6. The molecule has 2 heterocycles. The molecule has 10 heteroatoms. The number of benzene rings is 1. The molecule has 1 saturated carbocycles. The molecule has 2 aromatic rings. The summed E-state index contributed by atoms with van der Waals surface area (Å²) in [5.41, 5.74) is 0.374. The highest BCUT2D eigenvalue weighted by Crippen LogP contribution is 2.46. The van der Waals surface area contributed by atoms with Crippen LogP contribution in [0.25, 0.3) is 5.69 Å². The molecule has 1 saturated heterocycles. The summed E-state index contributed by atoms with van der Waals surface area (Å²) in [4.78, 5) is 51.3. The number of aromatic nitrogens is 2. The van der Waals surface area contributed by atoms with Crippen LogP contribution in [0.1, 0.15) is 57.4 Å². The van der Waals surface area contributed by atoms with Gasteiger partial charge in [-0.3, -0.25) is 14.5 Å². The highest BCUT2D eigenvalue weighted by atomic mass is 16.5. The van der Waals surface area contributed by atoms with Gasteiger partial charge in [0, 0.05) is 11.9 Å². The second kappa shape index (κ2) is 9.16. The summed E-state index contributed by atoms with van der Waals surface area (Å²) >= 11 is 0. The molecular weight excluding hydrogens is 450 g/mol. The van der Waals surface area contributed by atoms with Crippen LogP contribution in [-0.2, 0) is 14.3 Å². The summed E-state index contributed by atoms with van der Waals surface area (Å²) in [6.07, 6.45) is 3.75. The Labute approximate surface area is 204 Å². The van der Waals surface area contributed by atoms with Crippen LogP contribution in [-0.4, -0.2) is 57.2 Å². The minimum absolute atomic E-state index is 0.0771. The van der Waals surface area contributed by atoms with Gasteiger partial charge in [0.25, 0.3) is 5.91 Å². The molecule has 4 rings (SSSR count). The van der Waals surface area contributed by atoms with Gasteiger partial charge in [0.05, 0.1) is 12.3 Å². The molecule has 0 radical (unpaired) electrons. The van der Waals surface area contributed by atoms with E-state index < -0.39 is 23.4 Å². The lowest BCUT2D eigenvalue weighted by atomic mass is 9.64. The first-order valence-corrected chi connectivity index (χ1v) is 11.8. The predicted molar refractivity (Wildman–Crippen MR) is 128 cm³/mol.